The fourth-order valence-electron chi connectivity index (χ4n) is 2.32. The van der Waals surface area contributed by atoms with Crippen molar-refractivity contribution >= 4 is 0 Å². The molecule has 0 spiro atoms. The van der Waals surface area contributed by atoms with Crippen LogP contribution < -0.4 is 10.5 Å². The molecule has 1 heterocycles. The van der Waals surface area contributed by atoms with Gasteiger partial charge < -0.3 is 4.74 Å². The zero-order chi connectivity index (χ0) is 16.2. The Kier molecular flexibility index (Phi) is 4.23. The smallest absolute Gasteiger partial charge is 0.441 e. The molecule has 118 valence electrons. The highest BCUT2D eigenvalue weighted by atomic mass is 19.1. The van der Waals surface area contributed by atoms with E-state index in [-0.39, 0.29) is 12.4 Å². The minimum Gasteiger partial charge on any atom is -0.497 e. The summed E-state index contributed by atoms with van der Waals surface area (Å²) in [7, 11) is 1.60. The number of rotatable bonds is 5. The average Bonchev–Trinajstić information content (AvgIpc) is 2.90. The number of nitrogens with zero attached hydrogens (tertiary/aromatic N) is 2. The molecule has 1 aromatic heterocycles. The number of hydrogen-bond acceptors (Lipinski definition) is 4. The zero-order valence-electron chi connectivity index (χ0n) is 12.5. The van der Waals surface area contributed by atoms with E-state index in [1.54, 1.807) is 19.2 Å². The second-order valence-electron chi connectivity index (χ2n) is 5.11. The van der Waals surface area contributed by atoms with Crippen molar-refractivity contribution in [2.24, 2.45) is 0 Å². The lowest BCUT2D eigenvalue weighted by molar-refractivity contribution is 0.375. The molecule has 0 radical (unpaired) electrons. The number of hydrogen-bond donors (Lipinski definition) is 0. The molecular weight excluding hydrogens is 299 g/mol. The van der Waals surface area contributed by atoms with Crippen molar-refractivity contribution in [3.05, 3.63) is 81.9 Å². The molecule has 0 fully saturated rings. The summed E-state index contributed by atoms with van der Waals surface area (Å²) in [5.74, 6) is 0.390. The summed E-state index contributed by atoms with van der Waals surface area (Å²) in [5, 5.41) is 3.84. The summed E-state index contributed by atoms with van der Waals surface area (Å²) in [6, 6.07) is 13.5. The highest BCUT2D eigenvalue weighted by Crippen LogP contribution is 2.15. The summed E-state index contributed by atoms with van der Waals surface area (Å²) >= 11 is 0. The molecule has 0 saturated heterocycles. The Balaban J connectivity index is 1.86. The number of aromatic nitrogens is 2. The molecule has 0 N–H and O–H groups in total. The van der Waals surface area contributed by atoms with E-state index in [0.717, 1.165) is 16.9 Å². The minimum atomic E-state index is -0.535. The molecule has 5 nitrogen and oxygen atoms in total. The van der Waals surface area contributed by atoms with Crippen molar-refractivity contribution in [1.29, 1.82) is 0 Å². The standard InChI is InChI=1S/C17H15FN2O3/c1-22-15-4-2-3-13(9-15)10-16-19-23-17(21)20(16)11-12-5-7-14(18)8-6-12/h2-9H,10-11H2,1H3. The molecule has 3 aromatic rings. The van der Waals surface area contributed by atoms with Gasteiger partial charge in [0.25, 0.3) is 0 Å². The first kappa shape index (κ1) is 15.0. The molecule has 0 aliphatic carbocycles. The first-order chi connectivity index (χ1) is 11.2. The van der Waals surface area contributed by atoms with Gasteiger partial charge in [-0.05, 0) is 35.4 Å². The van der Waals surface area contributed by atoms with Gasteiger partial charge in [-0.15, -0.1) is 0 Å². The first-order valence-electron chi connectivity index (χ1n) is 7.08. The van der Waals surface area contributed by atoms with Gasteiger partial charge in [0.15, 0.2) is 5.82 Å². The van der Waals surface area contributed by atoms with Crippen molar-refractivity contribution in [2.75, 3.05) is 7.11 Å². The van der Waals surface area contributed by atoms with Gasteiger partial charge in [-0.2, -0.15) is 0 Å². The van der Waals surface area contributed by atoms with E-state index in [2.05, 4.69) is 5.16 Å². The third-order valence-corrected chi connectivity index (χ3v) is 3.51. The predicted molar refractivity (Wildman–Crippen MR) is 82.1 cm³/mol. The molecular formula is C17H15FN2O3. The summed E-state index contributed by atoms with van der Waals surface area (Å²) in [4.78, 5) is 11.9. The van der Waals surface area contributed by atoms with Gasteiger partial charge in [0.05, 0.1) is 13.7 Å². The van der Waals surface area contributed by atoms with Crippen LogP contribution in [-0.4, -0.2) is 16.8 Å². The van der Waals surface area contributed by atoms with Crippen LogP contribution in [0, 0.1) is 5.82 Å². The largest absolute Gasteiger partial charge is 0.497 e. The number of ether oxygens (including phenoxy) is 1. The van der Waals surface area contributed by atoms with Crippen molar-refractivity contribution in [2.45, 2.75) is 13.0 Å². The van der Waals surface area contributed by atoms with Crippen LogP contribution in [0.4, 0.5) is 4.39 Å². The Hall–Kier alpha value is -2.89. The topological polar surface area (TPSA) is 57.3 Å². The monoisotopic (exact) mass is 314 g/mol. The lowest BCUT2D eigenvalue weighted by atomic mass is 10.1. The summed E-state index contributed by atoms with van der Waals surface area (Å²) in [6.07, 6.45) is 0.435. The van der Waals surface area contributed by atoms with Crippen LogP contribution in [0.5, 0.6) is 5.75 Å². The molecule has 0 bridgehead atoms. The van der Waals surface area contributed by atoms with Gasteiger partial charge in [0, 0.05) is 6.42 Å². The van der Waals surface area contributed by atoms with Crippen LogP contribution in [0.2, 0.25) is 0 Å². The number of halogens is 1. The lowest BCUT2D eigenvalue weighted by Crippen LogP contribution is -2.18. The Morgan fingerprint density at radius 1 is 1.17 bits per heavy atom. The second-order valence-corrected chi connectivity index (χ2v) is 5.11. The third kappa shape index (κ3) is 3.48. The minimum absolute atomic E-state index is 0.280. The highest BCUT2D eigenvalue weighted by molar-refractivity contribution is 5.30. The van der Waals surface area contributed by atoms with Gasteiger partial charge in [0.1, 0.15) is 11.6 Å². The van der Waals surface area contributed by atoms with Crippen LogP contribution in [0.25, 0.3) is 0 Å². The van der Waals surface area contributed by atoms with Crippen LogP contribution >= 0.6 is 0 Å². The quantitative estimate of drug-likeness (QED) is 0.726. The van der Waals surface area contributed by atoms with Crippen molar-refractivity contribution in [1.82, 2.24) is 9.72 Å². The van der Waals surface area contributed by atoms with E-state index >= 15 is 0 Å². The van der Waals surface area contributed by atoms with Crippen LogP contribution in [0.3, 0.4) is 0 Å². The molecule has 2 aromatic carbocycles. The molecule has 23 heavy (non-hydrogen) atoms. The molecule has 3 rings (SSSR count). The normalized spacial score (nSPS) is 10.7. The third-order valence-electron chi connectivity index (χ3n) is 3.51. The summed E-state index contributed by atoms with van der Waals surface area (Å²) in [5.41, 5.74) is 1.74. The molecule has 0 amide bonds. The van der Waals surface area contributed by atoms with E-state index in [1.807, 2.05) is 24.3 Å². The Bertz CT molecular complexity index is 853. The van der Waals surface area contributed by atoms with Crippen molar-refractivity contribution in [3.8, 4) is 5.75 Å². The zero-order valence-corrected chi connectivity index (χ0v) is 12.5. The molecule has 0 atom stereocenters. The van der Waals surface area contributed by atoms with E-state index in [4.69, 9.17) is 9.26 Å². The van der Waals surface area contributed by atoms with Crippen LogP contribution in [-0.2, 0) is 13.0 Å². The lowest BCUT2D eigenvalue weighted by Gasteiger charge is -2.06. The first-order valence-corrected chi connectivity index (χ1v) is 7.08. The number of benzene rings is 2. The number of methoxy groups -OCH3 is 1. The Morgan fingerprint density at radius 2 is 1.96 bits per heavy atom. The average molecular weight is 314 g/mol. The summed E-state index contributed by atoms with van der Waals surface area (Å²) < 4.78 is 24.4. The molecule has 0 unspecified atom stereocenters. The highest BCUT2D eigenvalue weighted by Gasteiger charge is 2.12. The fraction of sp³-hybridized carbons (Fsp3) is 0.176. The Morgan fingerprint density at radius 3 is 2.70 bits per heavy atom. The van der Waals surface area contributed by atoms with Crippen LogP contribution in [0.1, 0.15) is 17.0 Å². The van der Waals surface area contributed by atoms with Gasteiger partial charge in [-0.1, -0.05) is 29.4 Å². The van der Waals surface area contributed by atoms with E-state index < -0.39 is 5.76 Å². The molecule has 0 aliphatic rings. The van der Waals surface area contributed by atoms with Crippen LogP contribution in [0.15, 0.2) is 57.8 Å². The van der Waals surface area contributed by atoms with E-state index in [9.17, 15) is 9.18 Å². The van der Waals surface area contributed by atoms with E-state index in [1.165, 1.54) is 16.7 Å². The van der Waals surface area contributed by atoms with Crippen molar-refractivity contribution < 1.29 is 13.7 Å². The SMILES string of the molecule is COc1cccc(Cc2noc(=O)n2Cc2ccc(F)cc2)c1. The maximum atomic E-state index is 13.0. The fourth-order valence-corrected chi connectivity index (χ4v) is 2.32. The van der Waals surface area contributed by atoms with Crippen molar-refractivity contribution in [3.63, 3.8) is 0 Å². The Labute approximate surface area is 131 Å². The molecule has 0 aliphatic heterocycles. The van der Waals surface area contributed by atoms with E-state index in [0.29, 0.717) is 12.2 Å². The predicted octanol–water partition coefficient (Wildman–Crippen LogP) is 2.62. The van der Waals surface area contributed by atoms with Gasteiger partial charge in [0.2, 0.25) is 0 Å². The summed E-state index contributed by atoms with van der Waals surface area (Å²) in [6.45, 7) is 0.280. The maximum absolute atomic E-state index is 13.0. The van der Waals surface area contributed by atoms with Gasteiger partial charge in [-0.3, -0.25) is 9.09 Å². The van der Waals surface area contributed by atoms with Gasteiger partial charge >= 0.3 is 5.76 Å². The molecule has 6 heteroatoms. The second kappa shape index (κ2) is 6.48. The molecule has 0 saturated carbocycles. The maximum Gasteiger partial charge on any atom is 0.441 e. The van der Waals surface area contributed by atoms with Gasteiger partial charge in [-0.25, -0.2) is 9.18 Å².